The summed E-state index contributed by atoms with van der Waals surface area (Å²) >= 11 is 3.42. The van der Waals surface area contributed by atoms with Crippen LogP contribution in [0.25, 0.3) is 0 Å². The summed E-state index contributed by atoms with van der Waals surface area (Å²) < 4.78 is 1.06. The lowest BCUT2D eigenvalue weighted by Crippen LogP contribution is -2.23. The third-order valence-electron chi connectivity index (χ3n) is 3.36. The Morgan fingerprint density at radius 2 is 1.70 bits per heavy atom. The average molecular weight is 335 g/mol. The number of hydrogen-bond acceptors (Lipinski definition) is 3. The molecule has 0 aliphatic rings. The van der Waals surface area contributed by atoms with Crippen molar-refractivity contribution < 1.29 is 5.11 Å². The van der Waals surface area contributed by atoms with E-state index in [9.17, 15) is 5.11 Å². The first-order chi connectivity index (χ1) is 9.56. The van der Waals surface area contributed by atoms with E-state index >= 15 is 0 Å². The van der Waals surface area contributed by atoms with Crippen LogP contribution in [-0.2, 0) is 0 Å². The minimum absolute atomic E-state index is 0.0302. The van der Waals surface area contributed by atoms with Gasteiger partial charge in [-0.05, 0) is 48.4 Å². The highest BCUT2D eigenvalue weighted by Gasteiger charge is 2.08. The molecular formula is C16H19BrN2O. The topological polar surface area (TPSA) is 49.5 Å². The number of rotatable bonds is 5. The number of nitrogens with two attached hydrogens (primary N) is 1. The maximum atomic E-state index is 9.29. The van der Waals surface area contributed by atoms with Gasteiger partial charge in [-0.1, -0.05) is 28.1 Å². The van der Waals surface area contributed by atoms with Crippen molar-refractivity contribution in [1.29, 1.82) is 0 Å². The second-order valence-corrected chi connectivity index (χ2v) is 5.80. The van der Waals surface area contributed by atoms with Gasteiger partial charge >= 0.3 is 0 Å². The highest BCUT2D eigenvalue weighted by Crippen LogP contribution is 2.21. The maximum Gasteiger partial charge on any atom is 0.115 e. The number of phenolic OH excluding ortho intramolecular Hbond substituents is 1. The lowest BCUT2D eigenvalue weighted by atomic mass is 10.0. The standard InChI is InChI=1S/C16H19BrN2O/c1-19(14-6-8-15(20)9-7-14)11-10-16(18)12-2-4-13(17)5-3-12/h2-9,16,20H,10-11,18H2,1H3. The van der Waals surface area contributed by atoms with Gasteiger partial charge in [0.2, 0.25) is 0 Å². The summed E-state index contributed by atoms with van der Waals surface area (Å²) in [6.45, 7) is 0.863. The third-order valence-corrected chi connectivity index (χ3v) is 3.89. The molecule has 0 aliphatic carbocycles. The summed E-state index contributed by atoms with van der Waals surface area (Å²) in [6.07, 6.45) is 0.874. The zero-order valence-electron chi connectivity index (χ0n) is 11.5. The van der Waals surface area contributed by atoms with E-state index in [4.69, 9.17) is 5.73 Å². The second-order valence-electron chi connectivity index (χ2n) is 4.88. The molecule has 0 saturated carbocycles. The molecule has 106 valence electrons. The summed E-state index contributed by atoms with van der Waals surface area (Å²) in [5.74, 6) is 0.286. The van der Waals surface area contributed by atoms with Gasteiger partial charge in [-0.25, -0.2) is 0 Å². The van der Waals surface area contributed by atoms with E-state index in [1.807, 2.05) is 31.3 Å². The van der Waals surface area contributed by atoms with Crippen LogP contribution in [0.5, 0.6) is 5.75 Å². The Labute approximate surface area is 128 Å². The highest BCUT2D eigenvalue weighted by atomic mass is 79.9. The fourth-order valence-corrected chi connectivity index (χ4v) is 2.31. The number of nitrogens with zero attached hydrogens (tertiary/aromatic N) is 1. The fraction of sp³-hybridized carbons (Fsp3) is 0.250. The zero-order chi connectivity index (χ0) is 14.5. The molecule has 0 aliphatic heterocycles. The number of halogens is 1. The van der Waals surface area contributed by atoms with Crippen LogP contribution < -0.4 is 10.6 Å². The molecule has 2 aromatic rings. The summed E-state index contributed by atoms with van der Waals surface area (Å²) in [4.78, 5) is 2.14. The molecule has 1 unspecified atom stereocenters. The lowest BCUT2D eigenvalue weighted by Gasteiger charge is -2.21. The lowest BCUT2D eigenvalue weighted by molar-refractivity contribution is 0.475. The third kappa shape index (κ3) is 3.99. The van der Waals surface area contributed by atoms with Crippen molar-refractivity contribution in [3.8, 4) is 5.75 Å². The van der Waals surface area contributed by atoms with E-state index in [1.165, 1.54) is 0 Å². The van der Waals surface area contributed by atoms with Gasteiger partial charge in [-0.15, -0.1) is 0 Å². The minimum atomic E-state index is 0.0302. The summed E-state index contributed by atoms with van der Waals surface area (Å²) in [6, 6.07) is 15.4. The quantitative estimate of drug-likeness (QED) is 0.876. The largest absolute Gasteiger partial charge is 0.508 e. The number of aromatic hydroxyl groups is 1. The molecule has 0 aromatic heterocycles. The van der Waals surface area contributed by atoms with Gasteiger partial charge in [-0.3, -0.25) is 0 Å². The molecule has 1 atom stereocenters. The van der Waals surface area contributed by atoms with Gasteiger partial charge in [0, 0.05) is 29.8 Å². The first-order valence-corrected chi connectivity index (χ1v) is 7.37. The predicted molar refractivity (Wildman–Crippen MR) is 87.1 cm³/mol. The van der Waals surface area contributed by atoms with E-state index in [-0.39, 0.29) is 11.8 Å². The molecular weight excluding hydrogens is 316 g/mol. The SMILES string of the molecule is CN(CCC(N)c1ccc(Br)cc1)c1ccc(O)cc1. The van der Waals surface area contributed by atoms with Crippen LogP contribution in [0.4, 0.5) is 5.69 Å². The molecule has 2 rings (SSSR count). The van der Waals surface area contributed by atoms with Crippen molar-refractivity contribution in [1.82, 2.24) is 0 Å². The van der Waals surface area contributed by atoms with Gasteiger partial charge in [0.05, 0.1) is 0 Å². The molecule has 2 aromatic carbocycles. The number of benzene rings is 2. The number of hydrogen-bond donors (Lipinski definition) is 2. The van der Waals surface area contributed by atoms with E-state index in [0.717, 1.165) is 28.7 Å². The molecule has 0 saturated heterocycles. The molecule has 0 spiro atoms. The average Bonchev–Trinajstić information content (AvgIpc) is 2.46. The number of anilines is 1. The second kappa shape index (κ2) is 6.77. The van der Waals surface area contributed by atoms with Gasteiger partial charge in [0.15, 0.2) is 0 Å². The molecule has 0 radical (unpaired) electrons. The van der Waals surface area contributed by atoms with Crippen molar-refractivity contribution in [2.45, 2.75) is 12.5 Å². The molecule has 20 heavy (non-hydrogen) atoms. The van der Waals surface area contributed by atoms with Crippen LogP contribution >= 0.6 is 15.9 Å². The zero-order valence-corrected chi connectivity index (χ0v) is 13.0. The van der Waals surface area contributed by atoms with E-state index < -0.39 is 0 Å². The van der Waals surface area contributed by atoms with E-state index in [0.29, 0.717) is 0 Å². The Bertz CT molecular complexity index is 488. The molecule has 3 N–H and O–H groups in total. The fourth-order valence-electron chi connectivity index (χ4n) is 2.05. The molecule has 4 heteroatoms. The normalized spacial score (nSPS) is 12.2. The van der Waals surface area contributed by atoms with Crippen LogP contribution in [0.3, 0.4) is 0 Å². The Morgan fingerprint density at radius 1 is 1.10 bits per heavy atom. The Hall–Kier alpha value is -1.52. The van der Waals surface area contributed by atoms with Crippen molar-refractivity contribution in [3.05, 3.63) is 58.6 Å². The smallest absolute Gasteiger partial charge is 0.115 e. The Balaban J connectivity index is 1.91. The molecule has 0 heterocycles. The first kappa shape index (κ1) is 14.9. The van der Waals surface area contributed by atoms with Gasteiger partial charge < -0.3 is 15.7 Å². The highest BCUT2D eigenvalue weighted by molar-refractivity contribution is 9.10. The van der Waals surface area contributed by atoms with Gasteiger partial charge in [0.1, 0.15) is 5.75 Å². The maximum absolute atomic E-state index is 9.29. The summed E-state index contributed by atoms with van der Waals surface area (Å²) in [7, 11) is 2.03. The summed E-state index contributed by atoms with van der Waals surface area (Å²) in [5, 5.41) is 9.29. The van der Waals surface area contributed by atoms with E-state index in [2.05, 4.69) is 33.0 Å². The van der Waals surface area contributed by atoms with Crippen molar-refractivity contribution in [2.75, 3.05) is 18.5 Å². The van der Waals surface area contributed by atoms with Crippen LogP contribution in [0.2, 0.25) is 0 Å². The minimum Gasteiger partial charge on any atom is -0.508 e. The van der Waals surface area contributed by atoms with Crippen LogP contribution in [0.1, 0.15) is 18.0 Å². The molecule has 3 nitrogen and oxygen atoms in total. The molecule has 0 bridgehead atoms. The van der Waals surface area contributed by atoms with Crippen molar-refractivity contribution >= 4 is 21.6 Å². The Morgan fingerprint density at radius 3 is 2.30 bits per heavy atom. The van der Waals surface area contributed by atoms with Crippen LogP contribution in [0.15, 0.2) is 53.0 Å². The predicted octanol–water partition coefficient (Wildman–Crippen LogP) is 3.68. The number of phenols is 1. The van der Waals surface area contributed by atoms with Crippen molar-refractivity contribution in [2.24, 2.45) is 5.73 Å². The van der Waals surface area contributed by atoms with Crippen molar-refractivity contribution in [3.63, 3.8) is 0 Å². The summed E-state index contributed by atoms with van der Waals surface area (Å²) in [5.41, 5.74) is 8.43. The van der Waals surface area contributed by atoms with Gasteiger partial charge in [-0.2, -0.15) is 0 Å². The van der Waals surface area contributed by atoms with E-state index in [1.54, 1.807) is 12.1 Å². The Kier molecular flexibility index (Phi) is 5.04. The van der Waals surface area contributed by atoms with Crippen LogP contribution in [0, 0.1) is 0 Å². The van der Waals surface area contributed by atoms with Gasteiger partial charge in [0.25, 0.3) is 0 Å². The first-order valence-electron chi connectivity index (χ1n) is 6.57. The monoisotopic (exact) mass is 334 g/mol. The molecule has 0 fully saturated rings. The molecule has 0 amide bonds. The van der Waals surface area contributed by atoms with Crippen LogP contribution in [-0.4, -0.2) is 18.7 Å².